The van der Waals surface area contributed by atoms with Crippen molar-refractivity contribution in [2.24, 2.45) is 0 Å². The van der Waals surface area contributed by atoms with Crippen LogP contribution in [0.15, 0.2) is 66.9 Å². The van der Waals surface area contributed by atoms with Crippen LogP contribution in [0.3, 0.4) is 0 Å². The predicted octanol–water partition coefficient (Wildman–Crippen LogP) is 5.75. The number of piperidine rings is 1. The molecule has 5 rings (SSSR count). The second-order valence-corrected chi connectivity index (χ2v) is 8.02. The van der Waals surface area contributed by atoms with Crippen molar-refractivity contribution in [2.75, 3.05) is 0 Å². The average molecular weight is 354 g/mol. The molecule has 2 atom stereocenters. The molecule has 2 aliphatic heterocycles. The fourth-order valence-corrected chi connectivity index (χ4v) is 5.00. The van der Waals surface area contributed by atoms with Crippen LogP contribution in [-0.4, -0.2) is 22.0 Å². The summed E-state index contributed by atoms with van der Waals surface area (Å²) < 4.78 is 0. The molecule has 0 saturated carbocycles. The molecule has 1 aromatic heterocycles. The first-order valence-corrected chi connectivity index (χ1v) is 10.1. The molecular weight excluding hydrogens is 328 g/mol. The highest BCUT2D eigenvalue weighted by molar-refractivity contribution is 5.87. The summed E-state index contributed by atoms with van der Waals surface area (Å²) in [4.78, 5) is 7.37. The zero-order valence-electron chi connectivity index (χ0n) is 15.9. The maximum Gasteiger partial charge on any atom is 0.0737 e. The summed E-state index contributed by atoms with van der Waals surface area (Å²) in [6.07, 6.45) is 9.55. The lowest BCUT2D eigenvalue weighted by Gasteiger charge is -2.45. The third-order valence-corrected chi connectivity index (χ3v) is 6.36. The average Bonchev–Trinajstić information content (AvgIpc) is 2.69. The molecule has 2 nitrogen and oxygen atoms in total. The highest BCUT2D eigenvalue weighted by Gasteiger charge is 2.34. The lowest BCUT2D eigenvalue weighted by molar-refractivity contribution is 0.0951. The first kappa shape index (κ1) is 16.7. The van der Waals surface area contributed by atoms with Crippen LogP contribution in [0.4, 0.5) is 0 Å². The predicted molar refractivity (Wildman–Crippen MR) is 112 cm³/mol. The molecule has 2 aliphatic rings. The van der Waals surface area contributed by atoms with Crippen LogP contribution in [0.5, 0.6) is 0 Å². The number of benzene rings is 2. The number of nitrogens with zero attached hydrogens (tertiary/aromatic N) is 2. The van der Waals surface area contributed by atoms with E-state index in [2.05, 4.69) is 71.4 Å². The molecule has 27 heavy (non-hydrogen) atoms. The topological polar surface area (TPSA) is 16.1 Å². The quantitative estimate of drug-likeness (QED) is 0.595. The van der Waals surface area contributed by atoms with Crippen LogP contribution in [0.25, 0.3) is 16.5 Å². The first-order chi connectivity index (χ1) is 13.3. The summed E-state index contributed by atoms with van der Waals surface area (Å²) >= 11 is 0. The Morgan fingerprint density at radius 3 is 2.74 bits per heavy atom. The van der Waals surface area contributed by atoms with Gasteiger partial charge in [-0.1, -0.05) is 61.0 Å². The van der Waals surface area contributed by atoms with Gasteiger partial charge in [-0.05, 0) is 54.5 Å². The van der Waals surface area contributed by atoms with E-state index in [1.807, 2.05) is 12.3 Å². The van der Waals surface area contributed by atoms with Gasteiger partial charge in [-0.3, -0.25) is 9.88 Å². The standard InChI is InChI=1S/C25H26N2/c1-18-24(13-12-20-9-6-14-26-25(18)20)21-15-22-10-5-11-23(16-21)27(22)17-19-7-3-2-4-8-19/h2-4,6-9,12-15,22-23H,5,10-11,16-17H2,1H3. The fourth-order valence-electron chi connectivity index (χ4n) is 5.00. The van der Waals surface area contributed by atoms with E-state index in [0.717, 1.165) is 18.5 Å². The molecule has 2 unspecified atom stereocenters. The lowest BCUT2D eigenvalue weighted by Crippen LogP contribution is -2.47. The zero-order valence-corrected chi connectivity index (χ0v) is 15.9. The van der Waals surface area contributed by atoms with E-state index >= 15 is 0 Å². The Kier molecular flexibility index (Phi) is 4.29. The van der Waals surface area contributed by atoms with Crippen LogP contribution >= 0.6 is 0 Å². The molecular formula is C25H26N2. The highest BCUT2D eigenvalue weighted by Crippen LogP contribution is 2.39. The van der Waals surface area contributed by atoms with Gasteiger partial charge >= 0.3 is 0 Å². The molecule has 0 N–H and O–H groups in total. The molecule has 2 heteroatoms. The summed E-state index contributed by atoms with van der Waals surface area (Å²) in [5.74, 6) is 0. The van der Waals surface area contributed by atoms with Crippen LogP contribution < -0.4 is 0 Å². The van der Waals surface area contributed by atoms with Crippen molar-refractivity contribution >= 4 is 16.5 Å². The molecule has 1 fully saturated rings. The normalized spacial score (nSPS) is 22.6. The summed E-state index contributed by atoms with van der Waals surface area (Å²) in [6, 6.07) is 20.9. The first-order valence-electron chi connectivity index (χ1n) is 10.1. The number of rotatable bonds is 3. The van der Waals surface area contributed by atoms with E-state index in [0.29, 0.717) is 12.1 Å². The van der Waals surface area contributed by atoms with Gasteiger partial charge in [0.05, 0.1) is 5.52 Å². The minimum atomic E-state index is 0.562. The van der Waals surface area contributed by atoms with E-state index in [9.17, 15) is 0 Å². The van der Waals surface area contributed by atoms with E-state index < -0.39 is 0 Å². The molecule has 2 aromatic carbocycles. The largest absolute Gasteiger partial charge is 0.289 e. The number of hydrogen-bond donors (Lipinski definition) is 0. The summed E-state index contributed by atoms with van der Waals surface area (Å²) in [6.45, 7) is 3.30. The zero-order chi connectivity index (χ0) is 18.2. The van der Waals surface area contributed by atoms with Crippen LogP contribution in [0.2, 0.25) is 0 Å². The molecule has 0 radical (unpaired) electrons. The number of hydrogen-bond acceptors (Lipinski definition) is 2. The van der Waals surface area contributed by atoms with Crippen LogP contribution in [0, 0.1) is 6.92 Å². The van der Waals surface area contributed by atoms with Gasteiger partial charge in [0.2, 0.25) is 0 Å². The van der Waals surface area contributed by atoms with Crippen molar-refractivity contribution in [3.63, 3.8) is 0 Å². The third kappa shape index (κ3) is 3.08. The Bertz CT molecular complexity index is 990. The SMILES string of the molecule is Cc1c(C2=CC3CCCC(C2)N3Cc2ccccc2)ccc2cccnc12. The third-order valence-electron chi connectivity index (χ3n) is 6.36. The molecule has 3 heterocycles. The van der Waals surface area contributed by atoms with E-state index in [1.165, 1.54) is 46.9 Å². The minimum absolute atomic E-state index is 0.562. The molecule has 0 amide bonds. The second kappa shape index (κ2) is 6.94. The molecule has 0 spiro atoms. The molecule has 2 bridgehead atoms. The van der Waals surface area contributed by atoms with Crippen molar-refractivity contribution in [3.05, 3.63) is 83.6 Å². The highest BCUT2D eigenvalue weighted by atomic mass is 15.2. The van der Waals surface area contributed by atoms with Gasteiger partial charge in [0.15, 0.2) is 0 Å². The van der Waals surface area contributed by atoms with Gasteiger partial charge < -0.3 is 0 Å². The van der Waals surface area contributed by atoms with Crippen molar-refractivity contribution in [3.8, 4) is 0 Å². The monoisotopic (exact) mass is 354 g/mol. The number of aryl methyl sites for hydroxylation is 1. The number of aromatic nitrogens is 1. The van der Waals surface area contributed by atoms with Gasteiger partial charge in [-0.25, -0.2) is 0 Å². The fraction of sp³-hybridized carbons (Fsp3) is 0.320. The number of pyridine rings is 1. The molecule has 3 aromatic rings. The summed E-state index contributed by atoms with van der Waals surface area (Å²) in [7, 11) is 0. The molecule has 136 valence electrons. The van der Waals surface area contributed by atoms with Crippen molar-refractivity contribution in [1.29, 1.82) is 0 Å². The minimum Gasteiger partial charge on any atom is -0.289 e. The van der Waals surface area contributed by atoms with Gasteiger partial charge in [-0.2, -0.15) is 0 Å². The van der Waals surface area contributed by atoms with Crippen LogP contribution in [-0.2, 0) is 6.54 Å². The Morgan fingerprint density at radius 2 is 1.89 bits per heavy atom. The van der Waals surface area contributed by atoms with Crippen molar-refractivity contribution < 1.29 is 0 Å². The Labute approximate surface area is 161 Å². The summed E-state index contributed by atoms with van der Waals surface area (Å²) in [5.41, 5.74) is 6.83. The van der Waals surface area contributed by atoms with Crippen molar-refractivity contribution in [2.45, 2.75) is 51.2 Å². The lowest BCUT2D eigenvalue weighted by atomic mass is 9.81. The van der Waals surface area contributed by atoms with Crippen molar-refractivity contribution in [1.82, 2.24) is 9.88 Å². The van der Waals surface area contributed by atoms with Gasteiger partial charge in [0.25, 0.3) is 0 Å². The van der Waals surface area contributed by atoms with Gasteiger partial charge in [-0.15, -0.1) is 0 Å². The Morgan fingerprint density at radius 1 is 1.00 bits per heavy atom. The smallest absolute Gasteiger partial charge is 0.0737 e. The number of fused-ring (bicyclic) bond motifs is 3. The second-order valence-electron chi connectivity index (χ2n) is 8.02. The van der Waals surface area contributed by atoms with Gasteiger partial charge in [0.1, 0.15) is 0 Å². The Hall–Kier alpha value is -2.45. The van der Waals surface area contributed by atoms with E-state index in [1.54, 1.807) is 0 Å². The Balaban J connectivity index is 1.49. The molecule has 0 aliphatic carbocycles. The maximum atomic E-state index is 4.64. The van der Waals surface area contributed by atoms with Crippen LogP contribution in [0.1, 0.15) is 42.4 Å². The maximum absolute atomic E-state index is 4.64. The van der Waals surface area contributed by atoms with E-state index in [4.69, 9.17) is 0 Å². The van der Waals surface area contributed by atoms with Gasteiger partial charge in [0, 0.05) is 30.2 Å². The summed E-state index contributed by atoms with van der Waals surface area (Å²) in [5, 5.41) is 1.24. The van der Waals surface area contributed by atoms with E-state index in [-0.39, 0.29) is 0 Å². The molecule has 1 saturated heterocycles.